The summed E-state index contributed by atoms with van der Waals surface area (Å²) in [6.45, 7) is 10.7. The number of nitrogens with zero attached hydrogens (tertiary/aromatic N) is 7. The van der Waals surface area contributed by atoms with Gasteiger partial charge >= 0.3 is 0 Å². The van der Waals surface area contributed by atoms with Crippen LogP contribution >= 0.6 is 34.5 Å². The van der Waals surface area contributed by atoms with Crippen molar-refractivity contribution in [2.75, 3.05) is 23.7 Å². The first-order valence-corrected chi connectivity index (χ1v) is 16.2. The summed E-state index contributed by atoms with van der Waals surface area (Å²) < 4.78 is 16.9. The fraction of sp³-hybridized carbons (Fsp3) is 0.344. The number of rotatable bonds is 7. The van der Waals surface area contributed by atoms with Crippen LogP contribution in [0.25, 0.3) is 10.9 Å². The zero-order valence-electron chi connectivity index (χ0n) is 25.3. The highest BCUT2D eigenvalue weighted by molar-refractivity contribution is 7.09. The summed E-state index contributed by atoms with van der Waals surface area (Å²) in [5.41, 5.74) is 5.42. The number of thiazole rings is 1. The molecule has 0 bridgehead atoms. The van der Waals surface area contributed by atoms with Gasteiger partial charge in [0.15, 0.2) is 5.82 Å². The van der Waals surface area contributed by atoms with E-state index in [4.69, 9.17) is 23.2 Å². The molecule has 4 heterocycles. The monoisotopic (exact) mass is 663 g/mol. The molecule has 1 aliphatic heterocycles. The third-order valence-corrected chi connectivity index (χ3v) is 9.80. The molecule has 0 aliphatic carbocycles. The lowest BCUT2D eigenvalue weighted by Gasteiger charge is -2.40. The van der Waals surface area contributed by atoms with Crippen molar-refractivity contribution in [3.63, 3.8) is 0 Å². The van der Waals surface area contributed by atoms with Gasteiger partial charge < -0.3 is 10.6 Å². The molecule has 0 saturated carbocycles. The first kappa shape index (κ1) is 31.2. The zero-order valence-corrected chi connectivity index (χ0v) is 27.6. The van der Waals surface area contributed by atoms with Gasteiger partial charge in [-0.25, -0.2) is 14.1 Å². The molecule has 45 heavy (non-hydrogen) atoms. The molecule has 1 atom stereocenters. The minimum absolute atomic E-state index is 0.0344. The van der Waals surface area contributed by atoms with E-state index >= 15 is 0 Å². The fourth-order valence-electron chi connectivity index (χ4n) is 5.73. The lowest BCUT2D eigenvalue weighted by atomic mass is 9.98. The van der Waals surface area contributed by atoms with E-state index in [0.717, 1.165) is 42.2 Å². The summed E-state index contributed by atoms with van der Waals surface area (Å²) in [6.07, 6.45) is 5.42. The number of nitrogens with one attached hydrogen (secondary N) is 2. The molecule has 0 amide bonds. The molecule has 1 aliphatic rings. The number of halogens is 3. The van der Waals surface area contributed by atoms with Crippen LogP contribution in [0.15, 0.2) is 48.2 Å². The number of piperidine rings is 1. The third kappa shape index (κ3) is 6.33. The maximum atomic E-state index is 14.9. The summed E-state index contributed by atoms with van der Waals surface area (Å²) in [7, 11) is 0. The largest absolute Gasteiger partial charge is 0.372 e. The van der Waals surface area contributed by atoms with E-state index in [2.05, 4.69) is 62.7 Å². The van der Waals surface area contributed by atoms with E-state index in [1.807, 2.05) is 29.4 Å². The highest BCUT2D eigenvalue weighted by atomic mass is 35.5. The van der Waals surface area contributed by atoms with Crippen molar-refractivity contribution >= 4 is 62.5 Å². The van der Waals surface area contributed by atoms with Crippen LogP contribution in [-0.4, -0.2) is 48.5 Å². The van der Waals surface area contributed by atoms with Gasteiger partial charge in [0, 0.05) is 35.9 Å². The number of aryl methyl sites for hydroxylation is 1. The minimum atomic E-state index is -0.624. The van der Waals surface area contributed by atoms with E-state index in [0.29, 0.717) is 27.3 Å². The summed E-state index contributed by atoms with van der Waals surface area (Å²) >= 11 is 14.3. The second-order valence-corrected chi connectivity index (χ2v) is 13.8. The smallest absolute Gasteiger partial charge is 0.165 e. The van der Waals surface area contributed by atoms with Crippen molar-refractivity contribution in [2.45, 2.75) is 58.2 Å². The molecule has 1 saturated heterocycles. The molecular weight excluding hydrogens is 632 g/mol. The molecule has 2 N–H and O–H groups in total. The van der Waals surface area contributed by atoms with Crippen LogP contribution in [0.2, 0.25) is 10.0 Å². The maximum absolute atomic E-state index is 14.9. The number of likely N-dealkylation sites (tertiary alicyclic amines) is 1. The van der Waals surface area contributed by atoms with Crippen LogP contribution in [0.5, 0.6) is 0 Å². The first-order valence-electron chi connectivity index (χ1n) is 14.6. The quantitative estimate of drug-likeness (QED) is 0.179. The molecule has 1 fully saturated rings. The highest BCUT2D eigenvalue weighted by Gasteiger charge is 2.30. The summed E-state index contributed by atoms with van der Waals surface area (Å²) in [5.74, 6) is -0.624. The Bertz CT molecular complexity index is 1900. The van der Waals surface area contributed by atoms with Gasteiger partial charge in [-0.2, -0.15) is 5.26 Å². The zero-order chi connectivity index (χ0) is 31.9. The molecule has 0 radical (unpaired) electrons. The van der Waals surface area contributed by atoms with Gasteiger partial charge in [-0.3, -0.25) is 9.88 Å². The summed E-state index contributed by atoms with van der Waals surface area (Å²) in [6, 6.07) is 10.3. The van der Waals surface area contributed by atoms with E-state index in [9.17, 15) is 9.65 Å². The van der Waals surface area contributed by atoms with Crippen molar-refractivity contribution in [2.24, 2.45) is 0 Å². The summed E-state index contributed by atoms with van der Waals surface area (Å²) in [5, 5.41) is 26.6. The van der Waals surface area contributed by atoms with Gasteiger partial charge in [0.2, 0.25) is 0 Å². The number of pyridine rings is 1. The third-order valence-electron chi connectivity index (χ3n) is 8.22. The number of hydrogen-bond donors (Lipinski definition) is 2. The number of fused-ring (bicyclic) bond motifs is 1. The predicted molar refractivity (Wildman–Crippen MR) is 178 cm³/mol. The van der Waals surface area contributed by atoms with Gasteiger partial charge in [-0.05, 0) is 64.8 Å². The Labute approximate surface area is 275 Å². The van der Waals surface area contributed by atoms with Gasteiger partial charge in [-0.1, -0.05) is 34.5 Å². The van der Waals surface area contributed by atoms with Crippen molar-refractivity contribution in [3.8, 4) is 6.07 Å². The molecule has 232 valence electrons. The second kappa shape index (κ2) is 12.5. The number of aromatic nitrogens is 5. The Morgan fingerprint density at radius 3 is 2.60 bits per heavy atom. The molecule has 5 aromatic rings. The Hall–Kier alpha value is -3.82. The SMILES string of the molecule is Cc1ncsc1C(Nc1cc(Cl)c2ncc(C#N)c(Nc3cccc(Cl)c3F)c2c1)c1cn(C2CCN(C(C)(C)C)CC2)nn1. The van der Waals surface area contributed by atoms with Crippen LogP contribution < -0.4 is 10.6 Å². The average Bonchev–Trinajstić information content (AvgIpc) is 3.68. The number of benzene rings is 2. The molecular formula is C32H32Cl2FN9S. The lowest BCUT2D eigenvalue weighted by Crippen LogP contribution is -2.46. The molecule has 1 unspecified atom stereocenters. The topological polar surface area (TPSA) is 108 Å². The van der Waals surface area contributed by atoms with Crippen molar-refractivity contribution in [1.29, 1.82) is 5.26 Å². The van der Waals surface area contributed by atoms with Crippen molar-refractivity contribution in [1.82, 2.24) is 29.9 Å². The Kier molecular flexibility index (Phi) is 8.68. The Morgan fingerprint density at radius 2 is 1.91 bits per heavy atom. The molecule has 2 aromatic carbocycles. The fourth-order valence-corrected chi connectivity index (χ4v) is 7.03. The highest BCUT2D eigenvalue weighted by Crippen LogP contribution is 2.38. The summed E-state index contributed by atoms with van der Waals surface area (Å²) in [4.78, 5) is 12.4. The van der Waals surface area contributed by atoms with Gasteiger partial charge in [0.05, 0.1) is 60.8 Å². The normalized spacial score (nSPS) is 15.2. The Balaban J connectivity index is 1.36. The van der Waals surface area contributed by atoms with Crippen molar-refractivity contribution < 1.29 is 4.39 Å². The van der Waals surface area contributed by atoms with Crippen LogP contribution in [0, 0.1) is 24.1 Å². The number of anilines is 3. The minimum Gasteiger partial charge on any atom is -0.372 e. The second-order valence-electron chi connectivity index (χ2n) is 12.1. The van der Waals surface area contributed by atoms with Crippen LogP contribution in [-0.2, 0) is 0 Å². The number of hydrogen-bond acceptors (Lipinski definition) is 9. The number of nitriles is 1. The molecule has 0 spiro atoms. The van der Waals surface area contributed by atoms with E-state index in [1.54, 1.807) is 18.2 Å². The standard InChI is InChI=1S/C32H32Cl2FN9S/c1-18-31(45-17-38-18)30(26-16-44(42-41-26)21-8-10-43(11-9-21)32(2,3)4)39-20-12-22-28(40-25-7-5-6-23(33)27(25)35)19(14-36)15-37-29(22)24(34)13-20/h5-7,12-13,15-17,21,30,39H,8-11H2,1-4H3,(H,37,40). The Morgan fingerprint density at radius 1 is 1.13 bits per heavy atom. The lowest BCUT2D eigenvalue weighted by molar-refractivity contribution is 0.0866. The molecule has 9 nitrogen and oxygen atoms in total. The van der Waals surface area contributed by atoms with E-state index in [1.165, 1.54) is 23.6 Å². The first-order chi connectivity index (χ1) is 21.5. The van der Waals surface area contributed by atoms with Gasteiger partial charge in [-0.15, -0.1) is 16.4 Å². The van der Waals surface area contributed by atoms with Crippen molar-refractivity contribution in [3.05, 3.63) is 85.9 Å². The molecule has 3 aromatic heterocycles. The average molecular weight is 665 g/mol. The maximum Gasteiger partial charge on any atom is 0.165 e. The van der Waals surface area contributed by atoms with E-state index < -0.39 is 5.82 Å². The molecule has 6 rings (SSSR count). The van der Waals surface area contributed by atoms with Gasteiger partial charge in [0.25, 0.3) is 0 Å². The van der Waals surface area contributed by atoms with Crippen LogP contribution in [0.4, 0.5) is 21.5 Å². The van der Waals surface area contributed by atoms with Crippen LogP contribution in [0.1, 0.15) is 67.5 Å². The van der Waals surface area contributed by atoms with E-state index in [-0.39, 0.29) is 33.9 Å². The molecule has 13 heteroatoms. The van der Waals surface area contributed by atoms with Gasteiger partial charge in [0.1, 0.15) is 17.8 Å². The predicted octanol–water partition coefficient (Wildman–Crippen LogP) is 8.29. The van der Waals surface area contributed by atoms with Crippen LogP contribution in [0.3, 0.4) is 0 Å².